The van der Waals surface area contributed by atoms with Crippen molar-refractivity contribution in [3.05, 3.63) is 39.8 Å². The summed E-state index contributed by atoms with van der Waals surface area (Å²) in [5.74, 6) is 0. The summed E-state index contributed by atoms with van der Waals surface area (Å²) in [6.45, 7) is 0. The van der Waals surface area contributed by atoms with Crippen molar-refractivity contribution < 1.29 is 13.2 Å². The van der Waals surface area contributed by atoms with Gasteiger partial charge in [0, 0.05) is 10.3 Å². The van der Waals surface area contributed by atoms with E-state index in [1.54, 1.807) is 24.3 Å². The molecular weight excluding hydrogens is 305 g/mol. The van der Waals surface area contributed by atoms with E-state index in [2.05, 4.69) is 0 Å². The summed E-state index contributed by atoms with van der Waals surface area (Å²) in [6, 6.07) is 6.50. The highest BCUT2D eigenvalue weighted by Crippen LogP contribution is 2.42. The molecule has 1 saturated carbocycles. The second-order valence-electron chi connectivity index (χ2n) is 4.94. The second-order valence-corrected chi connectivity index (χ2v) is 6.72. The Hall–Kier alpha value is -0.610. The van der Waals surface area contributed by atoms with E-state index in [-0.39, 0.29) is 5.25 Å². The third-order valence-corrected chi connectivity index (χ3v) is 4.91. The van der Waals surface area contributed by atoms with Crippen LogP contribution in [0.1, 0.15) is 37.7 Å². The zero-order valence-electron chi connectivity index (χ0n) is 10.9. The summed E-state index contributed by atoms with van der Waals surface area (Å²) in [6.07, 6.45) is 1.83. The van der Waals surface area contributed by atoms with Crippen LogP contribution in [0.4, 0.5) is 13.2 Å². The van der Waals surface area contributed by atoms with Crippen molar-refractivity contribution in [1.82, 2.24) is 0 Å². The van der Waals surface area contributed by atoms with Crippen LogP contribution in [0, 0.1) is 0 Å². The summed E-state index contributed by atoms with van der Waals surface area (Å²) >= 11 is 6.78. The lowest BCUT2D eigenvalue weighted by molar-refractivity contribution is -0.0828. The van der Waals surface area contributed by atoms with Crippen molar-refractivity contribution >= 4 is 29.4 Å². The van der Waals surface area contributed by atoms with Crippen molar-refractivity contribution in [2.24, 2.45) is 0 Å². The quantitative estimate of drug-likeness (QED) is 0.629. The van der Waals surface area contributed by atoms with E-state index in [1.807, 2.05) is 0 Å². The maximum Gasteiger partial charge on any atom is 0.422 e. The highest BCUT2D eigenvalue weighted by Gasteiger charge is 2.36. The Balaban J connectivity index is 2.18. The number of hydrogen-bond donors (Lipinski definition) is 0. The van der Waals surface area contributed by atoms with Gasteiger partial charge >= 0.3 is 6.18 Å². The molecule has 2 rings (SSSR count). The smallest absolute Gasteiger partial charge is 0.166 e. The van der Waals surface area contributed by atoms with Gasteiger partial charge in [-0.2, -0.15) is 13.2 Å². The number of thioether (sulfide) groups is 1. The summed E-state index contributed by atoms with van der Waals surface area (Å²) < 4.78 is 39.4. The summed E-state index contributed by atoms with van der Waals surface area (Å²) in [7, 11) is 0. The van der Waals surface area contributed by atoms with Crippen LogP contribution in [0.2, 0.25) is 5.02 Å². The molecule has 0 N–H and O–H groups in total. The molecule has 0 unspecified atom stereocenters. The molecule has 20 heavy (non-hydrogen) atoms. The predicted octanol–water partition coefficient (Wildman–Crippen LogP) is 6.31. The number of hydrogen-bond acceptors (Lipinski definition) is 1. The Bertz CT molecular complexity index is 476. The number of rotatable bonds is 3. The van der Waals surface area contributed by atoms with Crippen LogP contribution in [-0.4, -0.2) is 11.4 Å². The molecule has 0 saturated heterocycles. The number of alkyl halides is 3. The molecule has 0 aliphatic heterocycles. The van der Waals surface area contributed by atoms with E-state index in [0.717, 1.165) is 43.9 Å². The molecule has 110 valence electrons. The van der Waals surface area contributed by atoms with E-state index in [1.165, 1.54) is 6.08 Å². The fourth-order valence-electron chi connectivity index (χ4n) is 2.29. The maximum atomic E-state index is 13.1. The Morgan fingerprint density at radius 3 is 2.50 bits per heavy atom. The molecule has 1 aliphatic rings. The molecular formula is C15H16ClF3S. The SMILES string of the molecule is FC(F)(F)C(=Cc1cccc(Cl)c1)SC1CCCCC1. The minimum atomic E-state index is -4.30. The van der Waals surface area contributed by atoms with Gasteiger partial charge in [-0.05, 0) is 36.6 Å². The third kappa shape index (κ3) is 4.74. The topological polar surface area (TPSA) is 0 Å². The zero-order valence-corrected chi connectivity index (χ0v) is 12.5. The van der Waals surface area contributed by atoms with Crippen LogP contribution in [0.25, 0.3) is 6.08 Å². The van der Waals surface area contributed by atoms with E-state index in [9.17, 15) is 13.2 Å². The van der Waals surface area contributed by atoms with Crippen LogP contribution in [0.15, 0.2) is 29.2 Å². The standard InChI is InChI=1S/C15H16ClF3S/c16-12-6-4-5-11(9-12)10-14(15(17,18)19)20-13-7-2-1-3-8-13/h4-6,9-10,13H,1-3,7-8H2. The van der Waals surface area contributed by atoms with Gasteiger partial charge < -0.3 is 0 Å². The summed E-state index contributed by atoms with van der Waals surface area (Å²) in [5, 5.41) is 0.527. The molecule has 0 amide bonds. The average molecular weight is 321 g/mol. The molecule has 0 bridgehead atoms. The lowest BCUT2D eigenvalue weighted by Crippen LogP contribution is -2.15. The van der Waals surface area contributed by atoms with Crippen molar-refractivity contribution in [1.29, 1.82) is 0 Å². The van der Waals surface area contributed by atoms with E-state index < -0.39 is 11.1 Å². The van der Waals surface area contributed by atoms with Gasteiger partial charge in [0.1, 0.15) is 0 Å². The van der Waals surface area contributed by atoms with Crippen molar-refractivity contribution in [2.75, 3.05) is 0 Å². The second kappa shape index (κ2) is 6.90. The molecule has 0 spiro atoms. The van der Waals surface area contributed by atoms with Crippen LogP contribution in [0.5, 0.6) is 0 Å². The zero-order chi connectivity index (χ0) is 14.6. The molecule has 0 nitrogen and oxygen atoms in total. The lowest BCUT2D eigenvalue weighted by atomic mass is 10.0. The van der Waals surface area contributed by atoms with Gasteiger partial charge in [0.25, 0.3) is 0 Å². The minimum Gasteiger partial charge on any atom is -0.166 e. The molecule has 0 atom stereocenters. The molecule has 1 aromatic carbocycles. The molecule has 1 fully saturated rings. The number of allylic oxidation sites excluding steroid dienone is 1. The van der Waals surface area contributed by atoms with Gasteiger partial charge in [-0.15, -0.1) is 11.8 Å². The van der Waals surface area contributed by atoms with Gasteiger partial charge in [-0.25, -0.2) is 0 Å². The Labute approximate surface area is 126 Å². The number of halogens is 4. The normalized spacial score (nSPS) is 18.3. The largest absolute Gasteiger partial charge is 0.422 e. The van der Waals surface area contributed by atoms with Gasteiger partial charge in [-0.3, -0.25) is 0 Å². The molecule has 1 aliphatic carbocycles. The monoisotopic (exact) mass is 320 g/mol. The fourth-order valence-corrected chi connectivity index (χ4v) is 3.76. The first-order valence-corrected chi connectivity index (χ1v) is 7.92. The Morgan fingerprint density at radius 1 is 1.20 bits per heavy atom. The van der Waals surface area contributed by atoms with Crippen molar-refractivity contribution in [3.8, 4) is 0 Å². The maximum absolute atomic E-state index is 13.1. The minimum absolute atomic E-state index is 0.0795. The third-order valence-electron chi connectivity index (χ3n) is 3.27. The summed E-state index contributed by atoms with van der Waals surface area (Å²) in [5.41, 5.74) is 0.494. The lowest BCUT2D eigenvalue weighted by Gasteiger charge is -2.23. The Kier molecular flexibility index (Phi) is 5.44. The van der Waals surface area contributed by atoms with Gasteiger partial charge in [0.2, 0.25) is 0 Å². The highest BCUT2D eigenvalue weighted by atomic mass is 35.5. The van der Waals surface area contributed by atoms with Crippen LogP contribution in [0.3, 0.4) is 0 Å². The molecule has 1 aromatic rings. The van der Waals surface area contributed by atoms with Gasteiger partial charge in [0.15, 0.2) is 0 Å². The molecule has 5 heteroatoms. The fraction of sp³-hybridized carbons (Fsp3) is 0.467. The predicted molar refractivity (Wildman–Crippen MR) is 79.9 cm³/mol. The van der Waals surface area contributed by atoms with E-state index >= 15 is 0 Å². The van der Waals surface area contributed by atoms with Crippen LogP contribution in [-0.2, 0) is 0 Å². The highest BCUT2D eigenvalue weighted by molar-refractivity contribution is 8.03. The van der Waals surface area contributed by atoms with E-state index in [4.69, 9.17) is 11.6 Å². The van der Waals surface area contributed by atoms with Crippen molar-refractivity contribution in [2.45, 2.75) is 43.5 Å². The summed E-state index contributed by atoms with van der Waals surface area (Å²) in [4.78, 5) is -0.522. The van der Waals surface area contributed by atoms with Gasteiger partial charge in [0.05, 0.1) is 4.91 Å². The molecule has 0 radical (unpaired) electrons. The van der Waals surface area contributed by atoms with Crippen LogP contribution >= 0.6 is 23.4 Å². The van der Waals surface area contributed by atoms with Crippen LogP contribution < -0.4 is 0 Å². The molecule has 0 heterocycles. The van der Waals surface area contributed by atoms with Gasteiger partial charge in [-0.1, -0.05) is 43.0 Å². The first kappa shape index (κ1) is 15.8. The molecule has 0 aromatic heterocycles. The average Bonchev–Trinajstić information content (AvgIpc) is 2.38. The van der Waals surface area contributed by atoms with Crippen molar-refractivity contribution in [3.63, 3.8) is 0 Å². The number of benzene rings is 1. The first-order chi connectivity index (χ1) is 9.45. The van der Waals surface area contributed by atoms with E-state index in [0.29, 0.717) is 10.6 Å². The Morgan fingerprint density at radius 2 is 1.90 bits per heavy atom. The first-order valence-electron chi connectivity index (χ1n) is 6.66.